The minimum Gasteiger partial charge on any atom is -0.382 e. The molecule has 2 aromatic carbocycles. The van der Waals surface area contributed by atoms with Crippen molar-refractivity contribution < 1.29 is 0 Å². The average molecular weight is 285 g/mol. The number of hydrogen-bond donors (Lipinski definition) is 2. The smallest absolute Gasteiger partial charge is 0.160 e. The van der Waals surface area contributed by atoms with Gasteiger partial charge in [0.15, 0.2) is 11.6 Å². The fraction of sp³-hybridized carbons (Fsp3) is 0. The van der Waals surface area contributed by atoms with E-state index in [1.54, 1.807) is 12.1 Å². The standard InChI is InChI=1S/C15H13ClN4/c16-12-8-6-10(7-9-12)13-14(17)20(18)15(19-13)11-4-2-1-3-5-11/h1-9H,17-18H2. The van der Waals surface area contributed by atoms with E-state index in [-0.39, 0.29) is 0 Å². The number of halogens is 1. The molecule has 0 aliphatic rings. The monoisotopic (exact) mass is 284 g/mol. The maximum Gasteiger partial charge on any atom is 0.160 e. The Balaban J connectivity index is 2.13. The quantitative estimate of drug-likeness (QED) is 0.710. The third kappa shape index (κ3) is 2.10. The lowest BCUT2D eigenvalue weighted by atomic mass is 10.1. The molecule has 1 aromatic heterocycles. The highest BCUT2D eigenvalue weighted by Gasteiger charge is 2.15. The number of rotatable bonds is 2. The van der Waals surface area contributed by atoms with Gasteiger partial charge in [-0.2, -0.15) is 0 Å². The number of nitrogens with zero attached hydrogens (tertiary/aromatic N) is 2. The molecule has 5 heteroatoms. The van der Waals surface area contributed by atoms with Gasteiger partial charge in [-0.25, -0.2) is 9.66 Å². The number of imidazole rings is 1. The largest absolute Gasteiger partial charge is 0.382 e. The van der Waals surface area contributed by atoms with Gasteiger partial charge in [-0.1, -0.05) is 54.1 Å². The molecule has 4 nitrogen and oxygen atoms in total. The van der Waals surface area contributed by atoms with E-state index in [9.17, 15) is 0 Å². The molecule has 0 aliphatic heterocycles. The van der Waals surface area contributed by atoms with Gasteiger partial charge >= 0.3 is 0 Å². The lowest BCUT2D eigenvalue weighted by Crippen LogP contribution is -2.13. The van der Waals surface area contributed by atoms with Gasteiger partial charge in [-0.05, 0) is 12.1 Å². The van der Waals surface area contributed by atoms with Gasteiger partial charge in [0.05, 0.1) is 0 Å². The van der Waals surface area contributed by atoms with E-state index in [4.69, 9.17) is 23.2 Å². The summed E-state index contributed by atoms with van der Waals surface area (Å²) >= 11 is 5.89. The summed E-state index contributed by atoms with van der Waals surface area (Å²) in [5.41, 5.74) is 8.51. The van der Waals surface area contributed by atoms with Gasteiger partial charge in [0.1, 0.15) is 5.69 Å². The molecule has 0 bridgehead atoms. The van der Waals surface area contributed by atoms with Gasteiger partial charge in [0.2, 0.25) is 0 Å². The van der Waals surface area contributed by atoms with Crippen LogP contribution >= 0.6 is 11.6 Å². The first kappa shape index (κ1) is 12.6. The third-order valence-electron chi connectivity index (χ3n) is 3.10. The Kier molecular flexibility index (Phi) is 3.08. The molecule has 3 aromatic rings. The lowest BCUT2D eigenvalue weighted by Gasteiger charge is -2.02. The molecule has 0 atom stereocenters. The molecule has 0 unspecified atom stereocenters. The van der Waals surface area contributed by atoms with E-state index in [1.807, 2.05) is 42.5 Å². The van der Waals surface area contributed by atoms with Crippen LogP contribution in [0.3, 0.4) is 0 Å². The third-order valence-corrected chi connectivity index (χ3v) is 3.35. The highest BCUT2D eigenvalue weighted by molar-refractivity contribution is 6.30. The minimum absolute atomic E-state index is 0.422. The summed E-state index contributed by atoms with van der Waals surface area (Å²) in [6.45, 7) is 0. The maximum absolute atomic E-state index is 6.05. The molecule has 1 heterocycles. The second-order valence-electron chi connectivity index (χ2n) is 4.41. The predicted octanol–water partition coefficient (Wildman–Crippen LogP) is 3.17. The number of anilines is 1. The van der Waals surface area contributed by atoms with E-state index >= 15 is 0 Å². The van der Waals surface area contributed by atoms with Gasteiger partial charge in [0, 0.05) is 16.1 Å². The van der Waals surface area contributed by atoms with Gasteiger partial charge in [-0.15, -0.1) is 0 Å². The molecular weight excluding hydrogens is 272 g/mol. The number of aromatic nitrogens is 2. The Morgan fingerprint density at radius 2 is 1.55 bits per heavy atom. The van der Waals surface area contributed by atoms with Crippen molar-refractivity contribution in [2.45, 2.75) is 0 Å². The van der Waals surface area contributed by atoms with Crippen molar-refractivity contribution in [2.75, 3.05) is 11.6 Å². The molecule has 3 rings (SSSR count). The van der Waals surface area contributed by atoms with Crippen molar-refractivity contribution in [1.82, 2.24) is 9.66 Å². The summed E-state index contributed by atoms with van der Waals surface area (Å²) in [5.74, 6) is 7.06. The van der Waals surface area contributed by atoms with Crippen LogP contribution in [0.2, 0.25) is 5.02 Å². The Hall–Kier alpha value is -2.46. The van der Waals surface area contributed by atoms with Crippen molar-refractivity contribution in [3.05, 3.63) is 59.6 Å². The molecule has 0 fully saturated rings. The summed E-state index contributed by atoms with van der Waals surface area (Å²) in [6.07, 6.45) is 0. The summed E-state index contributed by atoms with van der Waals surface area (Å²) < 4.78 is 1.40. The molecule has 0 aliphatic carbocycles. The zero-order valence-corrected chi connectivity index (χ0v) is 11.4. The minimum atomic E-state index is 0.422. The number of benzene rings is 2. The SMILES string of the molecule is Nc1c(-c2ccc(Cl)cc2)nc(-c2ccccc2)n1N. The van der Waals surface area contributed by atoms with Gasteiger partial charge < -0.3 is 11.6 Å². The molecule has 0 radical (unpaired) electrons. The van der Waals surface area contributed by atoms with E-state index < -0.39 is 0 Å². The Bertz CT molecular complexity index is 733. The van der Waals surface area contributed by atoms with E-state index in [0.29, 0.717) is 22.4 Å². The number of nitrogens with two attached hydrogens (primary N) is 2. The Morgan fingerprint density at radius 1 is 0.900 bits per heavy atom. The van der Waals surface area contributed by atoms with Gasteiger partial charge in [-0.3, -0.25) is 0 Å². The maximum atomic E-state index is 6.05. The van der Waals surface area contributed by atoms with E-state index in [2.05, 4.69) is 4.98 Å². The zero-order chi connectivity index (χ0) is 14.1. The van der Waals surface area contributed by atoms with Crippen LogP contribution in [-0.2, 0) is 0 Å². The zero-order valence-electron chi connectivity index (χ0n) is 10.6. The van der Waals surface area contributed by atoms with Crippen molar-refractivity contribution in [2.24, 2.45) is 0 Å². The van der Waals surface area contributed by atoms with Crippen LogP contribution in [0.1, 0.15) is 0 Å². The summed E-state index contributed by atoms with van der Waals surface area (Å²) in [6, 6.07) is 17.0. The molecule has 4 N–H and O–H groups in total. The van der Waals surface area contributed by atoms with Crippen LogP contribution in [0, 0.1) is 0 Å². The van der Waals surface area contributed by atoms with Crippen LogP contribution in [0.15, 0.2) is 54.6 Å². The molecule has 0 spiro atoms. The topological polar surface area (TPSA) is 69.9 Å². The molecule has 100 valence electrons. The van der Waals surface area contributed by atoms with Crippen molar-refractivity contribution in [1.29, 1.82) is 0 Å². The first-order chi connectivity index (χ1) is 9.66. The predicted molar refractivity (Wildman–Crippen MR) is 82.7 cm³/mol. The summed E-state index contributed by atoms with van der Waals surface area (Å²) in [4.78, 5) is 4.55. The normalized spacial score (nSPS) is 10.7. The van der Waals surface area contributed by atoms with Crippen LogP contribution in [0.5, 0.6) is 0 Å². The Labute approximate surface area is 121 Å². The summed E-state index contributed by atoms with van der Waals surface area (Å²) in [5, 5.41) is 0.669. The highest BCUT2D eigenvalue weighted by Crippen LogP contribution is 2.29. The van der Waals surface area contributed by atoms with Crippen LogP contribution < -0.4 is 11.6 Å². The second kappa shape index (κ2) is 4.90. The molecule has 0 amide bonds. The summed E-state index contributed by atoms with van der Waals surface area (Å²) in [7, 11) is 0. The van der Waals surface area contributed by atoms with Crippen LogP contribution in [0.4, 0.5) is 5.82 Å². The van der Waals surface area contributed by atoms with Gasteiger partial charge in [0.25, 0.3) is 0 Å². The van der Waals surface area contributed by atoms with Crippen molar-refractivity contribution in [3.63, 3.8) is 0 Å². The van der Waals surface area contributed by atoms with Crippen LogP contribution in [0.25, 0.3) is 22.6 Å². The van der Waals surface area contributed by atoms with Crippen molar-refractivity contribution >= 4 is 17.4 Å². The lowest BCUT2D eigenvalue weighted by molar-refractivity contribution is 1.02. The van der Waals surface area contributed by atoms with Crippen LogP contribution in [-0.4, -0.2) is 9.66 Å². The molecule has 0 saturated heterocycles. The molecular formula is C15H13ClN4. The fourth-order valence-corrected chi connectivity index (χ4v) is 2.18. The average Bonchev–Trinajstić information content (AvgIpc) is 2.77. The van der Waals surface area contributed by atoms with E-state index in [0.717, 1.165) is 11.1 Å². The molecule has 0 saturated carbocycles. The first-order valence-electron chi connectivity index (χ1n) is 6.11. The first-order valence-corrected chi connectivity index (χ1v) is 6.49. The van der Waals surface area contributed by atoms with Crippen molar-refractivity contribution in [3.8, 4) is 22.6 Å². The Morgan fingerprint density at radius 3 is 2.20 bits per heavy atom. The highest BCUT2D eigenvalue weighted by atomic mass is 35.5. The number of hydrogen-bond acceptors (Lipinski definition) is 3. The number of nitrogen functional groups attached to an aromatic ring is 2. The molecule has 20 heavy (non-hydrogen) atoms. The fourth-order valence-electron chi connectivity index (χ4n) is 2.06. The second-order valence-corrected chi connectivity index (χ2v) is 4.85. The van der Waals surface area contributed by atoms with E-state index in [1.165, 1.54) is 4.68 Å².